The summed E-state index contributed by atoms with van der Waals surface area (Å²) in [6.07, 6.45) is 4.56. The molecule has 1 spiro atoms. The first-order valence-corrected chi connectivity index (χ1v) is 7.29. The van der Waals surface area contributed by atoms with Crippen LogP contribution in [0.3, 0.4) is 0 Å². The maximum absolute atomic E-state index is 10.2. The summed E-state index contributed by atoms with van der Waals surface area (Å²) in [6, 6.07) is 0. The van der Waals surface area contributed by atoms with E-state index < -0.39 is 6.10 Å². The summed E-state index contributed by atoms with van der Waals surface area (Å²) in [5, 5.41) is 20.3. The first kappa shape index (κ1) is 13.5. The molecular weight excluding hydrogens is 252 g/mol. The monoisotopic (exact) mass is 274 g/mol. The highest BCUT2D eigenvalue weighted by Gasteiger charge is 2.47. The molecule has 1 aliphatic carbocycles. The summed E-state index contributed by atoms with van der Waals surface area (Å²) >= 11 is 0. The highest BCUT2D eigenvalue weighted by Crippen LogP contribution is 2.51. The minimum absolute atomic E-state index is 0.318. The number of phenolic OH excluding ortho intramolecular Hbond substituents is 1. The minimum Gasteiger partial charge on any atom is -0.507 e. The van der Waals surface area contributed by atoms with Crippen molar-refractivity contribution in [3.63, 3.8) is 0 Å². The predicted molar refractivity (Wildman–Crippen MR) is 79.2 cm³/mol. The van der Waals surface area contributed by atoms with E-state index in [0.717, 1.165) is 52.8 Å². The van der Waals surface area contributed by atoms with E-state index in [2.05, 4.69) is 0 Å². The number of rotatable bonds is 1. The van der Waals surface area contributed by atoms with Gasteiger partial charge < -0.3 is 14.9 Å². The Bertz CT molecular complexity index is 607. The van der Waals surface area contributed by atoms with Crippen LogP contribution >= 0.6 is 0 Å². The van der Waals surface area contributed by atoms with Crippen LogP contribution in [0.4, 0.5) is 0 Å². The quantitative estimate of drug-likeness (QED) is 0.825. The molecule has 1 unspecified atom stereocenters. The van der Waals surface area contributed by atoms with Crippen LogP contribution in [0.25, 0.3) is 6.08 Å². The van der Waals surface area contributed by atoms with Crippen molar-refractivity contribution < 1.29 is 14.9 Å². The number of aliphatic hydroxyl groups excluding tert-OH is 1. The van der Waals surface area contributed by atoms with Crippen LogP contribution in [-0.4, -0.2) is 21.9 Å². The molecule has 0 bridgehead atoms. The first-order valence-electron chi connectivity index (χ1n) is 7.29. The molecule has 1 heterocycles. The van der Waals surface area contributed by atoms with E-state index in [4.69, 9.17) is 4.74 Å². The van der Waals surface area contributed by atoms with Gasteiger partial charge in [-0.25, -0.2) is 0 Å². The van der Waals surface area contributed by atoms with Crippen molar-refractivity contribution in [1.29, 1.82) is 0 Å². The van der Waals surface area contributed by atoms with Crippen LogP contribution < -0.4 is 4.74 Å². The highest BCUT2D eigenvalue weighted by molar-refractivity contribution is 5.74. The van der Waals surface area contributed by atoms with Crippen molar-refractivity contribution in [1.82, 2.24) is 0 Å². The van der Waals surface area contributed by atoms with E-state index in [1.165, 1.54) is 0 Å². The Morgan fingerprint density at radius 2 is 1.80 bits per heavy atom. The fourth-order valence-corrected chi connectivity index (χ4v) is 3.37. The third kappa shape index (κ3) is 1.62. The second-order valence-corrected chi connectivity index (χ2v) is 6.19. The molecule has 0 aromatic heterocycles. The Hall–Kier alpha value is -1.48. The van der Waals surface area contributed by atoms with Gasteiger partial charge >= 0.3 is 0 Å². The first-order chi connectivity index (χ1) is 9.37. The highest BCUT2D eigenvalue weighted by atomic mass is 16.5. The standard InChI is InChI=1S/C17H22O3/c1-9-10(2)16-13(11(3)15(9)19)8-14(12(4)18)17(20-16)6-5-7-17/h8,12,18-19H,5-7H2,1-4H3. The summed E-state index contributed by atoms with van der Waals surface area (Å²) < 4.78 is 6.34. The number of phenols is 1. The molecule has 0 radical (unpaired) electrons. The molecule has 3 nitrogen and oxygen atoms in total. The fourth-order valence-electron chi connectivity index (χ4n) is 3.37. The van der Waals surface area contributed by atoms with Crippen LogP contribution in [0.15, 0.2) is 5.57 Å². The molecule has 1 aliphatic heterocycles. The largest absolute Gasteiger partial charge is 0.507 e. The molecule has 0 saturated heterocycles. The van der Waals surface area contributed by atoms with Crippen LogP contribution in [0.1, 0.15) is 48.4 Å². The Kier molecular flexibility index (Phi) is 2.87. The predicted octanol–water partition coefficient (Wildman–Crippen LogP) is 3.40. The normalized spacial score (nSPS) is 20.8. The van der Waals surface area contributed by atoms with Crippen molar-refractivity contribution >= 4 is 6.08 Å². The lowest BCUT2D eigenvalue weighted by Gasteiger charge is -2.48. The smallest absolute Gasteiger partial charge is 0.133 e. The molecule has 2 aliphatic rings. The third-order valence-corrected chi connectivity index (χ3v) is 5.00. The van der Waals surface area contributed by atoms with Crippen LogP contribution in [0.5, 0.6) is 11.5 Å². The summed E-state index contributed by atoms with van der Waals surface area (Å²) in [6.45, 7) is 7.60. The zero-order valence-electron chi connectivity index (χ0n) is 12.6. The van der Waals surface area contributed by atoms with E-state index in [0.29, 0.717) is 5.75 Å². The SMILES string of the molecule is Cc1c(C)c2c(c(C)c1O)C=C(C(C)O)C1(CCC1)O2. The topological polar surface area (TPSA) is 49.7 Å². The van der Waals surface area contributed by atoms with E-state index in [-0.39, 0.29) is 5.60 Å². The zero-order valence-corrected chi connectivity index (χ0v) is 12.6. The van der Waals surface area contributed by atoms with Gasteiger partial charge in [0.15, 0.2) is 0 Å². The molecule has 20 heavy (non-hydrogen) atoms. The number of aromatic hydroxyl groups is 1. The Morgan fingerprint density at radius 1 is 1.15 bits per heavy atom. The van der Waals surface area contributed by atoms with Crippen molar-refractivity contribution in [3.8, 4) is 11.5 Å². The minimum atomic E-state index is -0.522. The number of aliphatic hydroxyl groups is 1. The average molecular weight is 274 g/mol. The van der Waals surface area contributed by atoms with Gasteiger partial charge in [0, 0.05) is 16.7 Å². The number of benzene rings is 1. The zero-order chi connectivity index (χ0) is 14.7. The summed E-state index contributed by atoms with van der Waals surface area (Å²) in [5.74, 6) is 1.21. The van der Waals surface area contributed by atoms with Crippen LogP contribution in [-0.2, 0) is 0 Å². The van der Waals surface area contributed by atoms with Crippen LogP contribution in [0, 0.1) is 20.8 Å². The van der Waals surface area contributed by atoms with Crippen molar-refractivity contribution in [2.75, 3.05) is 0 Å². The lowest BCUT2D eigenvalue weighted by Crippen LogP contribution is -2.49. The van der Waals surface area contributed by atoms with E-state index in [9.17, 15) is 10.2 Å². The van der Waals surface area contributed by atoms with E-state index >= 15 is 0 Å². The molecule has 1 atom stereocenters. The molecular formula is C17H22O3. The Morgan fingerprint density at radius 3 is 2.30 bits per heavy atom. The molecule has 2 N–H and O–H groups in total. The lowest BCUT2D eigenvalue weighted by atomic mass is 9.70. The number of hydrogen-bond acceptors (Lipinski definition) is 3. The molecule has 108 valence electrons. The molecule has 1 aromatic rings. The van der Waals surface area contributed by atoms with Gasteiger partial charge in [0.1, 0.15) is 17.1 Å². The summed E-state index contributed by atoms with van der Waals surface area (Å²) in [5.41, 5.74) is 4.25. The average Bonchev–Trinajstić information content (AvgIpc) is 2.39. The molecule has 3 rings (SSSR count). The van der Waals surface area contributed by atoms with Gasteiger partial charge in [-0.15, -0.1) is 0 Å². The third-order valence-electron chi connectivity index (χ3n) is 5.00. The van der Waals surface area contributed by atoms with Gasteiger partial charge in [-0.1, -0.05) is 0 Å². The number of fused-ring (bicyclic) bond motifs is 1. The van der Waals surface area contributed by atoms with Gasteiger partial charge in [0.05, 0.1) is 6.10 Å². The van der Waals surface area contributed by atoms with Crippen molar-refractivity contribution in [2.45, 2.75) is 58.7 Å². The summed E-state index contributed by atoms with van der Waals surface area (Å²) in [4.78, 5) is 0. The van der Waals surface area contributed by atoms with Crippen molar-refractivity contribution in [2.24, 2.45) is 0 Å². The van der Waals surface area contributed by atoms with E-state index in [1.807, 2.05) is 26.8 Å². The van der Waals surface area contributed by atoms with Gasteiger partial charge in [-0.2, -0.15) is 0 Å². The fraction of sp³-hybridized carbons (Fsp3) is 0.529. The van der Waals surface area contributed by atoms with Gasteiger partial charge in [0.2, 0.25) is 0 Å². The second kappa shape index (κ2) is 4.26. The van der Waals surface area contributed by atoms with Gasteiger partial charge in [0.25, 0.3) is 0 Å². The maximum Gasteiger partial charge on any atom is 0.133 e. The van der Waals surface area contributed by atoms with E-state index in [1.54, 1.807) is 6.92 Å². The van der Waals surface area contributed by atoms with Gasteiger partial charge in [-0.3, -0.25) is 0 Å². The van der Waals surface area contributed by atoms with Crippen molar-refractivity contribution in [3.05, 3.63) is 27.8 Å². The maximum atomic E-state index is 10.2. The molecule has 1 saturated carbocycles. The summed E-state index contributed by atoms with van der Waals surface area (Å²) in [7, 11) is 0. The van der Waals surface area contributed by atoms with Crippen LogP contribution in [0.2, 0.25) is 0 Å². The Labute approximate surface area is 119 Å². The molecule has 3 heteroatoms. The number of hydrogen-bond donors (Lipinski definition) is 2. The lowest BCUT2D eigenvalue weighted by molar-refractivity contribution is 0.00605. The molecule has 1 fully saturated rings. The Balaban J connectivity index is 2.25. The van der Waals surface area contributed by atoms with Gasteiger partial charge in [-0.05, 0) is 64.2 Å². The molecule has 1 aromatic carbocycles. The second-order valence-electron chi connectivity index (χ2n) is 6.19. The molecule has 0 amide bonds. The number of ether oxygens (including phenoxy) is 1.